The average molecular weight is 332 g/mol. The molecule has 1 saturated carbocycles. The van der Waals surface area contributed by atoms with Crippen LogP contribution in [0.25, 0.3) is 0 Å². The van der Waals surface area contributed by atoms with Gasteiger partial charge in [0.15, 0.2) is 0 Å². The standard InChI is InChI=1S/C18H28N4O2/c1-22(16-6-3-2-4-7-16)13-5-12-20-17(23)14-8-10-15(11-9-14)21-18(19)24/h8-11,16H,2-7,12-13H2,1H3,(H,20,23)(H3,19,21,24). The van der Waals surface area contributed by atoms with Gasteiger partial charge in [0.25, 0.3) is 5.91 Å². The zero-order valence-electron chi connectivity index (χ0n) is 14.4. The van der Waals surface area contributed by atoms with Gasteiger partial charge in [-0.2, -0.15) is 0 Å². The molecule has 1 aliphatic rings. The number of nitrogens with two attached hydrogens (primary N) is 1. The van der Waals surface area contributed by atoms with Crippen molar-refractivity contribution < 1.29 is 9.59 Å². The molecule has 3 amide bonds. The van der Waals surface area contributed by atoms with Crippen molar-refractivity contribution >= 4 is 17.6 Å². The molecule has 0 aliphatic heterocycles. The predicted molar refractivity (Wildman–Crippen MR) is 96.1 cm³/mol. The molecule has 1 fully saturated rings. The highest BCUT2D eigenvalue weighted by Crippen LogP contribution is 2.21. The largest absolute Gasteiger partial charge is 0.352 e. The van der Waals surface area contributed by atoms with Crippen LogP contribution in [0.4, 0.5) is 10.5 Å². The van der Waals surface area contributed by atoms with Gasteiger partial charge in [0.05, 0.1) is 0 Å². The van der Waals surface area contributed by atoms with E-state index in [9.17, 15) is 9.59 Å². The van der Waals surface area contributed by atoms with E-state index in [1.54, 1.807) is 24.3 Å². The number of benzene rings is 1. The molecule has 0 heterocycles. The fourth-order valence-electron chi connectivity index (χ4n) is 3.18. The Balaban J connectivity index is 1.68. The third kappa shape index (κ3) is 5.85. The second-order valence-electron chi connectivity index (χ2n) is 6.45. The summed E-state index contributed by atoms with van der Waals surface area (Å²) in [5.41, 5.74) is 6.20. The highest BCUT2D eigenvalue weighted by molar-refractivity contribution is 5.95. The summed E-state index contributed by atoms with van der Waals surface area (Å²) in [5.74, 6) is -0.0963. The van der Waals surface area contributed by atoms with E-state index < -0.39 is 6.03 Å². The third-order valence-corrected chi connectivity index (χ3v) is 4.59. The smallest absolute Gasteiger partial charge is 0.316 e. The van der Waals surface area contributed by atoms with Gasteiger partial charge in [0, 0.05) is 23.8 Å². The number of nitrogens with zero attached hydrogens (tertiary/aromatic N) is 1. The Labute approximate surface area is 143 Å². The number of anilines is 1. The molecule has 0 radical (unpaired) electrons. The number of carbonyl (C=O) groups excluding carboxylic acids is 2. The maximum absolute atomic E-state index is 12.1. The summed E-state index contributed by atoms with van der Waals surface area (Å²) in [4.78, 5) is 25.3. The first-order chi connectivity index (χ1) is 11.6. The lowest BCUT2D eigenvalue weighted by molar-refractivity contribution is 0.0950. The predicted octanol–water partition coefficient (Wildman–Crippen LogP) is 2.56. The summed E-state index contributed by atoms with van der Waals surface area (Å²) >= 11 is 0. The number of primary amides is 1. The highest BCUT2D eigenvalue weighted by atomic mass is 16.2. The average Bonchev–Trinajstić information content (AvgIpc) is 2.59. The van der Waals surface area contributed by atoms with Crippen LogP contribution in [0.2, 0.25) is 0 Å². The molecule has 0 atom stereocenters. The molecule has 0 bridgehead atoms. The van der Waals surface area contributed by atoms with Crippen molar-refractivity contribution in [2.24, 2.45) is 5.73 Å². The van der Waals surface area contributed by atoms with Gasteiger partial charge in [0.1, 0.15) is 0 Å². The second-order valence-corrected chi connectivity index (χ2v) is 6.45. The summed E-state index contributed by atoms with van der Waals surface area (Å²) in [6.45, 7) is 1.67. The number of urea groups is 1. The van der Waals surface area contributed by atoms with E-state index in [1.807, 2.05) is 0 Å². The molecule has 1 aliphatic carbocycles. The van der Waals surface area contributed by atoms with Crippen LogP contribution in [0, 0.1) is 0 Å². The lowest BCUT2D eigenvalue weighted by Crippen LogP contribution is -2.35. The van der Waals surface area contributed by atoms with Gasteiger partial charge in [-0.05, 0) is 57.1 Å². The van der Waals surface area contributed by atoms with E-state index in [1.165, 1.54) is 32.1 Å². The molecular weight excluding hydrogens is 304 g/mol. The fourth-order valence-corrected chi connectivity index (χ4v) is 3.18. The van der Waals surface area contributed by atoms with E-state index >= 15 is 0 Å². The van der Waals surface area contributed by atoms with Crippen LogP contribution in [-0.2, 0) is 0 Å². The van der Waals surface area contributed by atoms with Crippen molar-refractivity contribution in [2.75, 3.05) is 25.5 Å². The van der Waals surface area contributed by atoms with Crippen molar-refractivity contribution in [3.05, 3.63) is 29.8 Å². The molecule has 132 valence electrons. The highest BCUT2D eigenvalue weighted by Gasteiger charge is 2.17. The lowest BCUT2D eigenvalue weighted by atomic mass is 9.94. The molecule has 6 nitrogen and oxygen atoms in total. The van der Waals surface area contributed by atoms with Gasteiger partial charge in [-0.3, -0.25) is 4.79 Å². The van der Waals surface area contributed by atoms with Crippen LogP contribution in [0.3, 0.4) is 0 Å². The summed E-state index contributed by atoms with van der Waals surface area (Å²) < 4.78 is 0. The van der Waals surface area contributed by atoms with Gasteiger partial charge in [-0.15, -0.1) is 0 Å². The molecule has 24 heavy (non-hydrogen) atoms. The van der Waals surface area contributed by atoms with Crippen molar-refractivity contribution in [3.8, 4) is 0 Å². The molecule has 0 spiro atoms. The topological polar surface area (TPSA) is 87.5 Å². The first-order valence-electron chi connectivity index (χ1n) is 8.71. The third-order valence-electron chi connectivity index (χ3n) is 4.59. The number of amides is 3. The van der Waals surface area contributed by atoms with Gasteiger partial charge in [-0.25, -0.2) is 4.79 Å². The van der Waals surface area contributed by atoms with E-state index in [4.69, 9.17) is 5.73 Å². The van der Waals surface area contributed by atoms with E-state index in [0.29, 0.717) is 23.8 Å². The molecule has 0 unspecified atom stereocenters. The van der Waals surface area contributed by atoms with Crippen molar-refractivity contribution in [1.82, 2.24) is 10.2 Å². The fraction of sp³-hybridized carbons (Fsp3) is 0.556. The van der Waals surface area contributed by atoms with Crippen molar-refractivity contribution in [1.29, 1.82) is 0 Å². The monoisotopic (exact) mass is 332 g/mol. The Morgan fingerprint density at radius 3 is 2.46 bits per heavy atom. The van der Waals surface area contributed by atoms with Crippen molar-refractivity contribution in [3.63, 3.8) is 0 Å². The van der Waals surface area contributed by atoms with Gasteiger partial charge < -0.3 is 21.3 Å². The summed E-state index contributed by atoms with van der Waals surface area (Å²) in [6.07, 6.45) is 7.59. The Morgan fingerprint density at radius 1 is 1.17 bits per heavy atom. The first-order valence-corrected chi connectivity index (χ1v) is 8.71. The SMILES string of the molecule is CN(CCCNC(=O)c1ccc(NC(N)=O)cc1)C1CCCCC1. The lowest BCUT2D eigenvalue weighted by Gasteiger charge is -2.31. The van der Waals surface area contributed by atoms with Crippen LogP contribution in [0.1, 0.15) is 48.9 Å². The molecular formula is C18H28N4O2. The van der Waals surface area contributed by atoms with Crippen molar-refractivity contribution in [2.45, 2.75) is 44.6 Å². The Bertz CT molecular complexity index is 538. The molecule has 4 N–H and O–H groups in total. The Kier molecular flexibility index (Phi) is 7.06. The molecule has 1 aromatic rings. The second kappa shape index (κ2) is 9.27. The van der Waals surface area contributed by atoms with Crippen LogP contribution < -0.4 is 16.4 Å². The van der Waals surface area contributed by atoms with E-state index in [-0.39, 0.29) is 5.91 Å². The number of hydrogen-bond donors (Lipinski definition) is 3. The number of carbonyl (C=O) groups is 2. The first kappa shape index (κ1) is 18.3. The maximum atomic E-state index is 12.1. The minimum Gasteiger partial charge on any atom is -0.352 e. The Morgan fingerprint density at radius 2 is 1.83 bits per heavy atom. The Hall–Kier alpha value is -2.08. The quantitative estimate of drug-likeness (QED) is 0.671. The molecule has 6 heteroatoms. The van der Waals surface area contributed by atoms with Gasteiger partial charge in [-0.1, -0.05) is 19.3 Å². The zero-order chi connectivity index (χ0) is 17.4. The van der Waals surface area contributed by atoms with Gasteiger partial charge in [0.2, 0.25) is 0 Å². The minimum absolute atomic E-state index is 0.0963. The van der Waals surface area contributed by atoms with Crippen LogP contribution >= 0.6 is 0 Å². The summed E-state index contributed by atoms with van der Waals surface area (Å²) in [5, 5.41) is 5.41. The number of hydrogen-bond acceptors (Lipinski definition) is 3. The van der Waals surface area contributed by atoms with Crippen LogP contribution in [0.5, 0.6) is 0 Å². The van der Waals surface area contributed by atoms with E-state index in [2.05, 4.69) is 22.6 Å². The molecule has 2 rings (SSSR count). The molecule has 1 aromatic carbocycles. The molecule has 0 saturated heterocycles. The summed E-state index contributed by atoms with van der Waals surface area (Å²) in [6, 6.07) is 6.77. The minimum atomic E-state index is -0.616. The maximum Gasteiger partial charge on any atom is 0.316 e. The zero-order valence-corrected chi connectivity index (χ0v) is 14.4. The number of nitrogens with one attached hydrogen (secondary N) is 2. The number of rotatable bonds is 7. The molecule has 0 aromatic heterocycles. The van der Waals surface area contributed by atoms with E-state index in [0.717, 1.165) is 13.0 Å². The summed E-state index contributed by atoms with van der Waals surface area (Å²) in [7, 11) is 2.18. The normalized spacial score (nSPS) is 15.2. The van der Waals surface area contributed by atoms with Crippen LogP contribution in [-0.4, -0.2) is 43.0 Å². The van der Waals surface area contributed by atoms with Crippen LogP contribution in [0.15, 0.2) is 24.3 Å². The van der Waals surface area contributed by atoms with Gasteiger partial charge >= 0.3 is 6.03 Å².